The maximum Gasteiger partial charge on any atom is 0.195 e. The number of hydrogen-bond acceptors (Lipinski definition) is 3. The molecule has 1 N–H and O–H groups in total. The van der Waals surface area contributed by atoms with Gasteiger partial charge in [-0.25, -0.2) is 4.21 Å². The molecule has 3 aromatic rings. The van der Waals surface area contributed by atoms with Crippen molar-refractivity contribution in [3.05, 3.63) is 88.7 Å². The highest BCUT2D eigenvalue weighted by atomic mass is 35.5. The Bertz CT molecular complexity index is 1010. The Morgan fingerprint density at radius 2 is 1.64 bits per heavy atom. The fourth-order valence-corrected chi connectivity index (χ4v) is 3.89. The molecule has 0 saturated heterocycles. The maximum atomic E-state index is 12.9. The first kappa shape index (κ1) is 20.2. The number of carbonyl (C=O) groups excluding carboxylic acids is 1. The summed E-state index contributed by atoms with van der Waals surface area (Å²) in [5.74, 6) is -0.215. The van der Waals surface area contributed by atoms with Gasteiger partial charge in [-0.05, 0) is 47.4 Å². The molecule has 0 radical (unpaired) electrons. The van der Waals surface area contributed by atoms with Gasteiger partial charge in [0.05, 0.1) is 15.6 Å². The van der Waals surface area contributed by atoms with Crippen LogP contribution in [0.4, 0.5) is 5.69 Å². The van der Waals surface area contributed by atoms with Crippen LogP contribution in [0.25, 0.3) is 0 Å². The van der Waals surface area contributed by atoms with Gasteiger partial charge in [-0.15, -0.1) is 0 Å². The smallest absolute Gasteiger partial charge is 0.195 e. The molecule has 0 amide bonds. The molecule has 0 aliphatic carbocycles. The van der Waals surface area contributed by atoms with Gasteiger partial charge in [0.25, 0.3) is 0 Å². The second-order valence-electron chi connectivity index (χ2n) is 7.37. The maximum absolute atomic E-state index is 12.9. The lowest BCUT2D eigenvalue weighted by Gasteiger charge is -2.19. The van der Waals surface area contributed by atoms with Crippen LogP contribution in [-0.4, -0.2) is 15.0 Å². The Kier molecular flexibility index (Phi) is 5.96. The standard InChI is InChI=1S/C22H21ClN2O2S/c1-22(2,3)16-7-9-17(10-8-16)28(27)25-20-18(5-4-6-19(20)23)21(26)15-11-13-24-14-12-15/h4-14,25H,1-3H3. The summed E-state index contributed by atoms with van der Waals surface area (Å²) < 4.78 is 15.8. The normalized spacial score (nSPS) is 12.4. The molecule has 0 aliphatic heterocycles. The van der Waals surface area contributed by atoms with Gasteiger partial charge < -0.3 is 0 Å². The van der Waals surface area contributed by atoms with Crippen LogP contribution in [-0.2, 0) is 16.4 Å². The van der Waals surface area contributed by atoms with Gasteiger partial charge in [-0.1, -0.05) is 50.6 Å². The van der Waals surface area contributed by atoms with E-state index in [1.165, 1.54) is 0 Å². The molecule has 3 rings (SSSR count). The van der Waals surface area contributed by atoms with Crippen molar-refractivity contribution in [3.63, 3.8) is 0 Å². The van der Waals surface area contributed by atoms with Crippen molar-refractivity contribution in [2.45, 2.75) is 31.1 Å². The van der Waals surface area contributed by atoms with Gasteiger partial charge in [0, 0.05) is 23.5 Å². The molecule has 144 valence electrons. The highest BCUT2D eigenvalue weighted by Gasteiger charge is 2.19. The van der Waals surface area contributed by atoms with Crippen molar-refractivity contribution >= 4 is 34.1 Å². The topological polar surface area (TPSA) is 59.1 Å². The molecule has 4 nitrogen and oxygen atoms in total. The molecular formula is C22H21ClN2O2S. The highest BCUT2D eigenvalue weighted by Crippen LogP contribution is 2.30. The SMILES string of the molecule is CC(C)(C)c1ccc(S(=O)Nc2c(Cl)cccc2C(=O)c2ccncc2)cc1. The fraction of sp³-hybridized carbons (Fsp3) is 0.182. The van der Waals surface area contributed by atoms with E-state index in [1.54, 1.807) is 42.7 Å². The Hall–Kier alpha value is -2.50. The van der Waals surface area contributed by atoms with Crippen molar-refractivity contribution in [1.82, 2.24) is 4.98 Å². The second kappa shape index (κ2) is 8.25. The van der Waals surface area contributed by atoms with Crippen LogP contribution in [0.15, 0.2) is 71.9 Å². The Balaban J connectivity index is 1.90. The van der Waals surface area contributed by atoms with Crippen molar-refractivity contribution in [2.75, 3.05) is 4.72 Å². The zero-order chi connectivity index (χ0) is 20.3. The Labute approximate surface area is 172 Å². The summed E-state index contributed by atoms with van der Waals surface area (Å²) in [7, 11) is -1.56. The van der Waals surface area contributed by atoms with Crippen LogP contribution in [0.1, 0.15) is 42.3 Å². The second-order valence-corrected chi connectivity index (χ2v) is 8.99. The first-order chi connectivity index (χ1) is 13.3. The molecule has 0 fully saturated rings. The van der Waals surface area contributed by atoms with Gasteiger partial charge in [0.1, 0.15) is 11.0 Å². The van der Waals surface area contributed by atoms with Gasteiger partial charge in [0.2, 0.25) is 0 Å². The lowest BCUT2D eigenvalue weighted by atomic mass is 9.87. The third kappa shape index (κ3) is 4.49. The number of ketones is 1. The number of halogens is 1. The van der Waals surface area contributed by atoms with Crippen molar-refractivity contribution in [1.29, 1.82) is 0 Å². The summed E-state index contributed by atoms with van der Waals surface area (Å²) in [5.41, 5.74) is 2.36. The van der Waals surface area contributed by atoms with E-state index in [2.05, 4.69) is 30.5 Å². The summed E-state index contributed by atoms with van der Waals surface area (Å²) in [6, 6.07) is 15.9. The monoisotopic (exact) mass is 412 g/mol. The van der Waals surface area contributed by atoms with E-state index in [0.29, 0.717) is 26.7 Å². The summed E-state index contributed by atoms with van der Waals surface area (Å²) in [6.07, 6.45) is 3.11. The summed E-state index contributed by atoms with van der Waals surface area (Å²) in [6.45, 7) is 6.37. The molecule has 28 heavy (non-hydrogen) atoms. The van der Waals surface area contributed by atoms with Crippen LogP contribution in [0.5, 0.6) is 0 Å². The van der Waals surface area contributed by atoms with Crippen LogP contribution in [0.3, 0.4) is 0 Å². The van der Waals surface area contributed by atoms with Crippen LogP contribution in [0.2, 0.25) is 5.02 Å². The van der Waals surface area contributed by atoms with E-state index in [-0.39, 0.29) is 11.2 Å². The molecule has 0 saturated carbocycles. The molecule has 1 aromatic heterocycles. The zero-order valence-corrected chi connectivity index (χ0v) is 17.5. The van der Waals surface area contributed by atoms with Gasteiger partial charge in [-0.2, -0.15) is 0 Å². The van der Waals surface area contributed by atoms with E-state index in [0.717, 1.165) is 5.56 Å². The number of rotatable bonds is 5. The molecule has 1 atom stereocenters. The molecule has 0 bridgehead atoms. The lowest BCUT2D eigenvalue weighted by Crippen LogP contribution is -2.13. The minimum Gasteiger partial charge on any atom is -0.299 e. The molecular weight excluding hydrogens is 392 g/mol. The third-order valence-electron chi connectivity index (χ3n) is 4.33. The van der Waals surface area contributed by atoms with Crippen molar-refractivity contribution < 1.29 is 9.00 Å². The van der Waals surface area contributed by atoms with Crippen LogP contribution < -0.4 is 4.72 Å². The summed E-state index contributed by atoms with van der Waals surface area (Å²) >= 11 is 6.32. The van der Waals surface area contributed by atoms with Crippen LogP contribution >= 0.6 is 11.6 Å². The predicted octanol–water partition coefficient (Wildman–Crippen LogP) is 5.40. The molecule has 2 aromatic carbocycles. The van der Waals surface area contributed by atoms with E-state index in [9.17, 15) is 9.00 Å². The average Bonchev–Trinajstić information content (AvgIpc) is 2.69. The molecule has 1 unspecified atom stereocenters. The van der Waals surface area contributed by atoms with E-state index < -0.39 is 11.0 Å². The number of hydrogen-bond donors (Lipinski definition) is 1. The first-order valence-corrected chi connectivity index (χ1v) is 10.3. The first-order valence-electron chi connectivity index (χ1n) is 8.79. The largest absolute Gasteiger partial charge is 0.299 e. The third-order valence-corrected chi connectivity index (χ3v) is 5.73. The van der Waals surface area contributed by atoms with E-state index >= 15 is 0 Å². The number of para-hydroxylation sites is 1. The van der Waals surface area contributed by atoms with Gasteiger partial charge in [-0.3, -0.25) is 14.5 Å². The van der Waals surface area contributed by atoms with E-state index in [4.69, 9.17) is 11.6 Å². The number of benzene rings is 2. The van der Waals surface area contributed by atoms with Gasteiger partial charge >= 0.3 is 0 Å². The molecule has 6 heteroatoms. The number of pyridine rings is 1. The number of nitrogens with one attached hydrogen (secondary N) is 1. The summed E-state index contributed by atoms with van der Waals surface area (Å²) in [4.78, 5) is 17.4. The minimum atomic E-state index is -1.56. The zero-order valence-electron chi connectivity index (χ0n) is 15.9. The van der Waals surface area contributed by atoms with Gasteiger partial charge in [0.15, 0.2) is 5.78 Å². The highest BCUT2D eigenvalue weighted by molar-refractivity contribution is 7.86. The Morgan fingerprint density at radius 1 is 1.00 bits per heavy atom. The average molecular weight is 413 g/mol. The van der Waals surface area contributed by atoms with Crippen molar-refractivity contribution in [2.24, 2.45) is 0 Å². The molecule has 0 aliphatic rings. The van der Waals surface area contributed by atoms with E-state index in [1.807, 2.05) is 24.3 Å². The fourth-order valence-electron chi connectivity index (χ4n) is 2.71. The quantitative estimate of drug-likeness (QED) is 0.571. The Morgan fingerprint density at radius 3 is 2.25 bits per heavy atom. The summed E-state index contributed by atoms with van der Waals surface area (Å²) in [5, 5.41) is 0.333. The lowest BCUT2D eigenvalue weighted by molar-refractivity contribution is 0.103. The predicted molar refractivity (Wildman–Crippen MR) is 114 cm³/mol. The van der Waals surface area contributed by atoms with Crippen molar-refractivity contribution in [3.8, 4) is 0 Å². The number of carbonyl (C=O) groups is 1. The number of anilines is 1. The molecule has 1 heterocycles. The molecule has 0 spiro atoms. The number of aromatic nitrogens is 1. The number of nitrogens with zero attached hydrogens (tertiary/aromatic N) is 1. The minimum absolute atomic E-state index is 0.0142. The van der Waals surface area contributed by atoms with Crippen LogP contribution in [0, 0.1) is 0 Å².